The van der Waals surface area contributed by atoms with Gasteiger partial charge in [-0.3, -0.25) is 9.59 Å². The van der Waals surface area contributed by atoms with Crippen LogP contribution < -0.4 is 4.90 Å². The number of hydrogen-bond acceptors (Lipinski definition) is 4. The molecule has 1 aliphatic heterocycles. The summed E-state index contributed by atoms with van der Waals surface area (Å²) in [5, 5.41) is 2.81. The van der Waals surface area contributed by atoms with Crippen molar-refractivity contribution < 1.29 is 14.3 Å². The molecule has 30 heavy (non-hydrogen) atoms. The summed E-state index contributed by atoms with van der Waals surface area (Å²) < 4.78 is 5.28. The number of fused-ring (bicyclic) bond motifs is 1. The van der Waals surface area contributed by atoms with Gasteiger partial charge in [0.2, 0.25) is 0 Å². The Morgan fingerprint density at radius 3 is 2.37 bits per heavy atom. The second-order valence-electron chi connectivity index (χ2n) is 7.29. The van der Waals surface area contributed by atoms with Crippen LogP contribution in [0.1, 0.15) is 5.56 Å². The number of anilines is 1. The first-order valence-corrected chi connectivity index (χ1v) is 10.4. The molecular weight excluding hydrogens is 400 g/mol. The molecule has 1 heterocycles. The highest BCUT2D eigenvalue weighted by Crippen LogP contribution is 2.26. The number of nitrogens with zero attached hydrogens (tertiary/aromatic N) is 2. The van der Waals surface area contributed by atoms with Crippen LogP contribution in [0.25, 0.3) is 10.8 Å². The zero-order chi connectivity index (χ0) is 20.9. The van der Waals surface area contributed by atoms with Crippen LogP contribution in [0.5, 0.6) is 0 Å². The Labute approximate surface area is 180 Å². The average molecular weight is 423 g/mol. The van der Waals surface area contributed by atoms with Gasteiger partial charge >= 0.3 is 5.97 Å². The molecule has 0 radical (unpaired) electrons. The van der Waals surface area contributed by atoms with Crippen molar-refractivity contribution in [3.8, 4) is 0 Å². The summed E-state index contributed by atoms with van der Waals surface area (Å²) in [6, 6.07) is 21.5. The van der Waals surface area contributed by atoms with E-state index in [0.29, 0.717) is 31.2 Å². The lowest BCUT2D eigenvalue weighted by atomic mass is 10.0. The third-order valence-electron chi connectivity index (χ3n) is 5.40. The fourth-order valence-electron chi connectivity index (χ4n) is 3.79. The maximum absolute atomic E-state index is 12.5. The number of amides is 1. The van der Waals surface area contributed by atoms with E-state index in [9.17, 15) is 9.59 Å². The number of hydrogen-bond donors (Lipinski definition) is 0. The van der Waals surface area contributed by atoms with Crippen molar-refractivity contribution in [1.82, 2.24) is 4.90 Å². The lowest BCUT2D eigenvalue weighted by molar-refractivity contribution is -0.151. The number of para-hydroxylation sites is 1. The molecule has 1 fully saturated rings. The first-order chi connectivity index (χ1) is 14.6. The average Bonchev–Trinajstić information content (AvgIpc) is 2.78. The molecule has 0 aliphatic carbocycles. The van der Waals surface area contributed by atoms with Crippen LogP contribution in [0.2, 0.25) is 5.02 Å². The number of carbonyl (C=O) groups excluding carboxylic acids is 2. The van der Waals surface area contributed by atoms with Crippen molar-refractivity contribution in [2.24, 2.45) is 0 Å². The van der Waals surface area contributed by atoms with Gasteiger partial charge in [0, 0.05) is 26.2 Å². The Kier molecular flexibility index (Phi) is 6.19. The van der Waals surface area contributed by atoms with Crippen molar-refractivity contribution in [3.05, 3.63) is 77.3 Å². The minimum atomic E-state index is -0.394. The SMILES string of the molecule is O=C(Cc1cccc2ccccc12)OCC(=O)N1CCN(c2ccccc2Cl)CC1. The van der Waals surface area contributed by atoms with Gasteiger partial charge in [-0.1, -0.05) is 66.2 Å². The van der Waals surface area contributed by atoms with E-state index >= 15 is 0 Å². The molecule has 0 bridgehead atoms. The van der Waals surface area contributed by atoms with Crippen molar-refractivity contribution in [1.29, 1.82) is 0 Å². The second-order valence-corrected chi connectivity index (χ2v) is 7.70. The fourth-order valence-corrected chi connectivity index (χ4v) is 4.05. The Balaban J connectivity index is 1.28. The predicted molar refractivity (Wildman–Crippen MR) is 119 cm³/mol. The minimum absolute atomic E-state index is 0.148. The monoisotopic (exact) mass is 422 g/mol. The van der Waals surface area contributed by atoms with Crippen molar-refractivity contribution in [3.63, 3.8) is 0 Å². The van der Waals surface area contributed by atoms with Gasteiger partial charge in [-0.15, -0.1) is 0 Å². The van der Waals surface area contributed by atoms with E-state index in [1.165, 1.54) is 0 Å². The molecule has 154 valence electrons. The zero-order valence-electron chi connectivity index (χ0n) is 16.6. The molecule has 6 heteroatoms. The van der Waals surface area contributed by atoms with Crippen molar-refractivity contribution >= 4 is 39.9 Å². The molecule has 1 amide bonds. The number of piperazine rings is 1. The lowest BCUT2D eigenvalue weighted by Gasteiger charge is -2.36. The number of esters is 1. The molecular formula is C24H23ClN2O3. The first kappa shape index (κ1) is 20.2. The van der Waals surface area contributed by atoms with E-state index in [1.54, 1.807) is 4.90 Å². The normalized spacial score (nSPS) is 14.0. The molecule has 3 aromatic rings. The molecule has 0 spiro atoms. The Morgan fingerprint density at radius 1 is 0.867 bits per heavy atom. The maximum atomic E-state index is 12.5. The van der Waals surface area contributed by atoms with Crippen LogP contribution >= 0.6 is 11.6 Å². The van der Waals surface area contributed by atoms with Crippen LogP contribution in [0.15, 0.2) is 66.7 Å². The number of rotatable bonds is 5. The highest BCUT2D eigenvalue weighted by Gasteiger charge is 2.23. The molecule has 4 rings (SSSR count). The fraction of sp³-hybridized carbons (Fsp3) is 0.250. The van der Waals surface area contributed by atoms with E-state index < -0.39 is 5.97 Å². The number of carbonyl (C=O) groups is 2. The Hall–Kier alpha value is -3.05. The van der Waals surface area contributed by atoms with Crippen molar-refractivity contribution in [2.75, 3.05) is 37.7 Å². The van der Waals surface area contributed by atoms with Gasteiger partial charge in [0.25, 0.3) is 5.91 Å². The second kappa shape index (κ2) is 9.18. The molecule has 5 nitrogen and oxygen atoms in total. The smallest absolute Gasteiger partial charge is 0.310 e. The molecule has 0 N–H and O–H groups in total. The molecule has 1 saturated heterocycles. The van der Waals surface area contributed by atoms with Crippen LogP contribution in [0.3, 0.4) is 0 Å². The summed E-state index contributed by atoms with van der Waals surface area (Å²) in [5.41, 5.74) is 1.88. The summed E-state index contributed by atoms with van der Waals surface area (Å²) in [4.78, 5) is 28.7. The summed E-state index contributed by atoms with van der Waals surface area (Å²) in [7, 11) is 0. The highest BCUT2D eigenvalue weighted by atomic mass is 35.5. The number of halogens is 1. The Morgan fingerprint density at radius 2 is 1.57 bits per heavy atom. The van der Waals surface area contributed by atoms with Crippen LogP contribution in [-0.4, -0.2) is 49.6 Å². The van der Waals surface area contributed by atoms with Gasteiger partial charge in [-0.25, -0.2) is 0 Å². The van der Waals surface area contributed by atoms with Crippen molar-refractivity contribution in [2.45, 2.75) is 6.42 Å². The molecule has 0 saturated carbocycles. The predicted octanol–water partition coefficient (Wildman–Crippen LogP) is 3.93. The largest absolute Gasteiger partial charge is 0.455 e. The number of ether oxygens (including phenoxy) is 1. The van der Waals surface area contributed by atoms with Gasteiger partial charge in [0.15, 0.2) is 6.61 Å². The van der Waals surface area contributed by atoms with E-state index in [2.05, 4.69) is 4.90 Å². The third-order valence-corrected chi connectivity index (χ3v) is 5.72. The maximum Gasteiger partial charge on any atom is 0.310 e. The molecule has 0 atom stereocenters. The molecule has 3 aromatic carbocycles. The molecule has 1 aliphatic rings. The number of benzene rings is 3. The van der Waals surface area contributed by atoms with Gasteiger partial charge in [0.1, 0.15) is 0 Å². The topological polar surface area (TPSA) is 49.9 Å². The van der Waals surface area contributed by atoms with E-state index in [1.807, 2.05) is 66.7 Å². The summed E-state index contributed by atoms with van der Waals surface area (Å²) in [6.45, 7) is 2.31. The van der Waals surface area contributed by atoms with Gasteiger partial charge < -0.3 is 14.5 Å². The van der Waals surface area contributed by atoms with Gasteiger partial charge in [-0.2, -0.15) is 0 Å². The summed E-state index contributed by atoms with van der Waals surface area (Å²) in [5.74, 6) is -0.561. The van der Waals surface area contributed by atoms with Crippen LogP contribution in [-0.2, 0) is 20.7 Å². The van der Waals surface area contributed by atoms with E-state index in [-0.39, 0.29) is 18.9 Å². The highest BCUT2D eigenvalue weighted by molar-refractivity contribution is 6.33. The van der Waals surface area contributed by atoms with Gasteiger partial charge in [0.05, 0.1) is 17.1 Å². The third kappa shape index (κ3) is 4.57. The van der Waals surface area contributed by atoms with E-state index in [0.717, 1.165) is 22.0 Å². The molecule has 0 unspecified atom stereocenters. The molecule has 0 aromatic heterocycles. The summed E-state index contributed by atoms with van der Waals surface area (Å²) in [6.07, 6.45) is 0.148. The minimum Gasteiger partial charge on any atom is -0.455 e. The zero-order valence-corrected chi connectivity index (χ0v) is 17.3. The van der Waals surface area contributed by atoms with Gasteiger partial charge in [-0.05, 0) is 28.5 Å². The van der Waals surface area contributed by atoms with E-state index in [4.69, 9.17) is 16.3 Å². The standard InChI is InChI=1S/C24H23ClN2O3/c25-21-10-3-4-11-22(21)26-12-14-27(15-13-26)23(28)17-30-24(29)16-19-8-5-7-18-6-1-2-9-20(18)19/h1-11H,12-17H2. The Bertz CT molecular complexity index is 1060. The van der Waals surface area contributed by atoms with Crippen LogP contribution in [0, 0.1) is 0 Å². The summed E-state index contributed by atoms with van der Waals surface area (Å²) >= 11 is 6.26. The first-order valence-electron chi connectivity index (χ1n) is 10.0. The quantitative estimate of drug-likeness (QED) is 0.584. The lowest BCUT2D eigenvalue weighted by Crippen LogP contribution is -2.50. The van der Waals surface area contributed by atoms with Crippen LogP contribution in [0.4, 0.5) is 5.69 Å².